The van der Waals surface area contributed by atoms with E-state index >= 15 is 0 Å². The van der Waals surface area contributed by atoms with E-state index in [0.717, 1.165) is 5.41 Å². The van der Waals surface area contributed by atoms with Crippen molar-refractivity contribution in [3.05, 3.63) is 12.0 Å². The van der Waals surface area contributed by atoms with E-state index in [1.54, 1.807) is 0 Å². The molecule has 0 bridgehead atoms. The molecular weight excluding hydrogens is 135 g/mol. The highest BCUT2D eigenvalue weighted by Crippen LogP contribution is 1.96. The SMILES string of the molecule is C=CSF.O=C(O)O. The van der Waals surface area contributed by atoms with Gasteiger partial charge in [0.15, 0.2) is 0 Å². The van der Waals surface area contributed by atoms with Gasteiger partial charge in [-0.25, -0.2) is 4.79 Å². The van der Waals surface area contributed by atoms with Gasteiger partial charge in [-0.05, 0) is 5.41 Å². The lowest BCUT2D eigenvalue weighted by Gasteiger charge is -1.60. The van der Waals surface area contributed by atoms with Crippen LogP contribution in [0.5, 0.6) is 0 Å². The fourth-order valence-corrected chi connectivity index (χ4v) is 0. The fourth-order valence-electron chi connectivity index (χ4n) is 0. The predicted octanol–water partition coefficient (Wildman–Crippen LogP) is 1.97. The summed E-state index contributed by atoms with van der Waals surface area (Å²) in [7, 11) is 0. The number of carbonyl (C=O) groups is 1. The van der Waals surface area contributed by atoms with Gasteiger partial charge in [-0.1, -0.05) is 6.58 Å². The normalized spacial score (nSPS) is 6.12. The van der Waals surface area contributed by atoms with Gasteiger partial charge >= 0.3 is 6.16 Å². The first-order chi connectivity index (χ1) is 3.65. The molecule has 0 atom stereocenters. The smallest absolute Gasteiger partial charge is 0.450 e. The maximum absolute atomic E-state index is 10.5. The Morgan fingerprint density at radius 2 is 1.88 bits per heavy atom. The third-order valence-corrected chi connectivity index (χ3v) is 0.189. The molecule has 5 heteroatoms. The second-order valence-electron chi connectivity index (χ2n) is 0.538. The van der Waals surface area contributed by atoms with Crippen LogP contribution in [0.4, 0.5) is 8.68 Å². The number of rotatable bonds is 1. The molecule has 0 saturated heterocycles. The van der Waals surface area contributed by atoms with Crippen LogP contribution in [-0.2, 0) is 0 Å². The summed E-state index contributed by atoms with van der Waals surface area (Å²) in [6, 6.07) is 0. The van der Waals surface area contributed by atoms with Crippen molar-refractivity contribution in [3.63, 3.8) is 0 Å². The topological polar surface area (TPSA) is 57.5 Å². The van der Waals surface area contributed by atoms with E-state index in [1.807, 2.05) is 0 Å². The second-order valence-corrected chi connectivity index (χ2v) is 1.05. The molecule has 0 aliphatic heterocycles. The Bertz CT molecular complexity index is 70.9. The predicted molar refractivity (Wildman–Crippen MR) is 29.5 cm³/mol. The van der Waals surface area contributed by atoms with Crippen LogP contribution in [0.1, 0.15) is 0 Å². The number of halogens is 1. The minimum Gasteiger partial charge on any atom is -0.450 e. The van der Waals surface area contributed by atoms with Gasteiger partial charge in [0.2, 0.25) is 0 Å². The van der Waals surface area contributed by atoms with Crippen molar-refractivity contribution < 1.29 is 18.9 Å². The van der Waals surface area contributed by atoms with E-state index in [-0.39, 0.29) is 12.1 Å². The molecule has 0 rings (SSSR count). The van der Waals surface area contributed by atoms with E-state index < -0.39 is 6.16 Å². The van der Waals surface area contributed by atoms with Crippen LogP contribution in [0.15, 0.2) is 12.0 Å². The first-order valence-electron chi connectivity index (χ1n) is 1.45. The first kappa shape index (κ1) is 10.3. The molecule has 48 valence electrons. The van der Waals surface area contributed by atoms with Gasteiger partial charge in [0.05, 0.1) is 12.1 Å². The van der Waals surface area contributed by atoms with Crippen LogP contribution in [0.2, 0.25) is 0 Å². The summed E-state index contributed by atoms with van der Waals surface area (Å²) in [4.78, 5) is 8.56. The largest absolute Gasteiger partial charge is 0.503 e. The second kappa shape index (κ2) is 9.56. The van der Waals surface area contributed by atoms with Gasteiger partial charge in [0, 0.05) is 0 Å². The highest BCUT2D eigenvalue weighted by Gasteiger charge is 1.70. The molecule has 0 aliphatic carbocycles. The van der Waals surface area contributed by atoms with E-state index in [1.165, 1.54) is 0 Å². The molecule has 0 unspecified atom stereocenters. The van der Waals surface area contributed by atoms with Crippen LogP contribution >= 0.6 is 12.1 Å². The maximum Gasteiger partial charge on any atom is 0.503 e. The molecule has 8 heavy (non-hydrogen) atoms. The Labute approximate surface area is 50.1 Å². The van der Waals surface area contributed by atoms with Crippen LogP contribution in [0.25, 0.3) is 0 Å². The van der Waals surface area contributed by atoms with Crippen LogP contribution < -0.4 is 0 Å². The van der Waals surface area contributed by atoms with Crippen molar-refractivity contribution in [1.82, 2.24) is 0 Å². The molecule has 0 aromatic rings. The molecular formula is C3H5FO3S. The number of hydrogen-bond donors (Lipinski definition) is 2. The van der Waals surface area contributed by atoms with Crippen molar-refractivity contribution in [2.75, 3.05) is 0 Å². The highest BCUT2D eigenvalue weighted by molar-refractivity contribution is 7.97. The zero-order valence-electron chi connectivity index (χ0n) is 3.87. The summed E-state index contributed by atoms with van der Waals surface area (Å²) < 4.78 is 10.5. The molecule has 0 aromatic heterocycles. The molecule has 3 nitrogen and oxygen atoms in total. The Morgan fingerprint density at radius 1 is 1.75 bits per heavy atom. The quantitative estimate of drug-likeness (QED) is 0.584. The summed E-state index contributed by atoms with van der Waals surface area (Å²) in [6.07, 6.45) is -1.83. The van der Waals surface area contributed by atoms with Crippen molar-refractivity contribution in [3.8, 4) is 0 Å². The van der Waals surface area contributed by atoms with Gasteiger partial charge in [0.1, 0.15) is 0 Å². The van der Waals surface area contributed by atoms with Gasteiger partial charge in [0.25, 0.3) is 0 Å². The van der Waals surface area contributed by atoms with E-state index in [0.29, 0.717) is 0 Å². The van der Waals surface area contributed by atoms with Crippen LogP contribution in [0.3, 0.4) is 0 Å². The van der Waals surface area contributed by atoms with Gasteiger partial charge in [-0.2, -0.15) is 3.89 Å². The van der Waals surface area contributed by atoms with Gasteiger partial charge in [-0.3, -0.25) is 0 Å². The molecule has 0 spiro atoms. The molecule has 2 N–H and O–H groups in total. The van der Waals surface area contributed by atoms with Crippen LogP contribution in [0, 0.1) is 0 Å². The van der Waals surface area contributed by atoms with Crippen molar-refractivity contribution in [1.29, 1.82) is 0 Å². The van der Waals surface area contributed by atoms with E-state index in [9.17, 15) is 3.89 Å². The lowest BCUT2D eigenvalue weighted by molar-refractivity contribution is 0.137. The molecule has 0 amide bonds. The lowest BCUT2D eigenvalue weighted by atomic mass is 11.3. The van der Waals surface area contributed by atoms with Gasteiger partial charge in [-0.15, -0.1) is 0 Å². The molecule has 0 radical (unpaired) electrons. The van der Waals surface area contributed by atoms with Crippen LogP contribution in [-0.4, -0.2) is 16.4 Å². The Morgan fingerprint density at radius 3 is 1.88 bits per heavy atom. The molecule has 0 fully saturated rings. The third-order valence-electron chi connectivity index (χ3n) is 0.0630. The summed E-state index contributed by atoms with van der Waals surface area (Å²) in [5, 5.41) is 15.1. The van der Waals surface area contributed by atoms with E-state index in [4.69, 9.17) is 15.0 Å². The van der Waals surface area contributed by atoms with Crippen molar-refractivity contribution in [2.24, 2.45) is 0 Å². The maximum atomic E-state index is 10.5. The Hall–Kier alpha value is -0.710. The summed E-state index contributed by atoms with van der Waals surface area (Å²) in [5.74, 6) is 0. The standard InChI is InChI=1S/C2H3FS.CH2O3/c1-2-4-3;2-1(3)4/h2H,1H2;(H2,2,3,4). The molecule has 0 aromatic carbocycles. The molecule has 0 aliphatic rings. The summed E-state index contributed by atoms with van der Waals surface area (Å²) >= 11 is 0.120. The number of carboxylic acid groups (broad SMARTS) is 2. The average Bonchev–Trinajstić information content (AvgIpc) is 1.65. The third kappa shape index (κ3) is 1160. The van der Waals surface area contributed by atoms with E-state index in [2.05, 4.69) is 6.58 Å². The zero-order chi connectivity index (χ0) is 6.99. The van der Waals surface area contributed by atoms with Gasteiger partial charge < -0.3 is 10.2 Å². The average molecular weight is 140 g/mol. The Kier molecular flexibility index (Phi) is 12.3. The fraction of sp³-hybridized carbons (Fsp3) is 0. The first-order valence-corrected chi connectivity index (χ1v) is 2.23. The summed E-state index contributed by atoms with van der Waals surface area (Å²) in [5.41, 5.74) is 0. The number of hydrogen-bond acceptors (Lipinski definition) is 2. The molecule has 0 heterocycles. The van der Waals surface area contributed by atoms with Crippen molar-refractivity contribution in [2.45, 2.75) is 0 Å². The lowest BCUT2D eigenvalue weighted by Crippen LogP contribution is -1.81. The summed E-state index contributed by atoms with van der Waals surface area (Å²) in [6.45, 7) is 3.07. The zero-order valence-corrected chi connectivity index (χ0v) is 4.69. The minimum atomic E-state index is -1.83. The Balaban J connectivity index is 0. The van der Waals surface area contributed by atoms with Crippen molar-refractivity contribution >= 4 is 18.3 Å². The monoisotopic (exact) mass is 140 g/mol. The minimum absolute atomic E-state index is 0.120. The molecule has 0 saturated carbocycles. The highest BCUT2D eigenvalue weighted by atomic mass is 32.2.